The molecule has 0 aliphatic carbocycles. The van der Waals surface area contributed by atoms with Gasteiger partial charge in [0, 0.05) is 23.8 Å². The number of halogens is 2. The van der Waals surface area contributed by atoms with Crippen LogP contribution in [0.5, 0.6) is 0 Å². The van der Waals surface area contributed by atoms with E-state index >= 15 is 0 Å². The third-order valence-corrected chi connectivity index (χ3v) is 6.06. The molecule has 6 aromatic rings. The first-order chi connectivity index (χ1) is 15.5. The van der Waals surface area contributed by atoms with E-state index in [1.165, 1.54) is 55.4 Å². The van der Waals surface area contributed by atoms with Crippen molar-refractivity contribution in [2.75, 3.05) is 0 Å². The van der Waals surface area contributed by atoms with Crippen molar-refractivity contribution in [1.29, 1.82) is 0 Å². The van der Waals surface area contributed by atoms with Gasteiger partial charge in [0.25, 0.3) is 0 Å². The molecular formula is C30H28Cl2HfN2. The van der Waals surface area contributed by atoms with E-state index in [9.17, 15) is 0 Å². The maximum atomic E-state index is 2.25. The summed E-state index contributed by atoms with van der Waals surface area (Å²) in [5, 5.41) is 5.23. The molecule has 176 valence electrons. The molecule has 2 aromatic heterocycles. The van der Waals surface area contributed by atoms with E-state index in [1.54, 1.807) is 0 Å². The normalized spacial score (nSPS) is 10.2. The van der Waals surface area contributed by atoms with Crippen LogP contribution in [0.25, 0.3) is 32.9 Å². The molecule has 0 unspecified atom stereocenters. The summed E-state index contributed by atoms with van der Waals surface area (Å²) in [4.78, 5) is 0. The largest absolute Gasteiger partial charge is 4.00 e. The van der Waals surface area contributed by atoms with Gasteiger partial charge < -0.3 is 33.9 Å². The molecule has 2 heterocycles. The second-order valence-corrected chi connectivity index (χ2v) is 8.74. The minimum absolute atomic E-state index is 0. The summed E-state index contributed by atoms with van der Waals surface area (Å²) in [5.74, 6) is 0. The standard InChI is InChI=1S/2C15H14N.2ClH.Hf/c2*1-11-7-12(2)16(10-11)15-8-13-5-3-4-6-14(13)9-15;;;/h2*3-10H,1-2H3;2*1H;/q2*-1;;;+4/p-2. The summed E-state index contributed by atoms with van der Waals surface area (Å²) in [6.07, 6.45) is 4.37. The number of hydrogen-bond donors (Lipinski definition) is 0. The number of rotatable bonds is 2. The monoisotopic (exact) mass is 666 g/mol. The van der Waals surface area contributed by atoms with Crippen LogP contribution >= 0.6 is 0 Å². The molecule has 0 radical (unpaired) electrons. The molecule has 0 saturated carbocycles. The third-order valence-electron chi connectivity index (χ3n) is 6.06. The maximum Gasteiger partial charge on any atom is 4.00 e. The van der Waals surface area contributed by atoms with Crippen molar-refractivity contribution in [1.82, 2.24) is 9.13 Å². The predicted molar refractivity (Wildman–Crippen MR) is 137 cm³/mol. The Labute approximate surface area is 238 Å². The Bertz CT molecular complexity index is 1350. The van der Waals surface area contributed by atoms with E-state index in [2.05, 4.69) is 134 Å². The van der Waals surface area contributed by atoms with E-state index in [1.807, 2.05) is 0 Å². The molecular weight excluding hydrogens is 638 g/mol. The van der Waals surface area contributed by atoms with Crippen LogP contribution in [0.2, 0.25) is 0 Å². The van der Waals surface area contributed by atoms with Crippen LogP contribution in [0.1, 0.15) is 22.5 Å². The number of nitrogens with zero attached hydrogens (tertiary/aromatic N) is 2. The smallest absolute Gasteiger partial charge is 1.00 e. The molecule has 4 aromatic carbocycles. The van der Waals surface area contributed by atoms with Gasteiger partial charge in [0.05, 0.1) is 0 Å². The van der Waals surface area contributed by atoms with Crippen LogP contribution in [-0.4, -0.2) is 9.13 Å². The van der Waals surface area contributed by atoms with Gasteiger partial charge in [0.15, 0.2) is 0 Å². The summed E-state index contributed by atoms with van der Waals surface area (Å²) in [6, 6.07) is 30.3. The number of fused-ring (bicyclic) bond motifs is 2. The van der Waals surface area contributed by atoms with Gasteiger partial charge in [-0.25, -0.2) is 0 Å². The van der Waals surface area contributed by atoms with Crippen LogP contribution < -0.4 is 24.8 Å². The average molecular weight is 666 g/mol. The zero-order chi connectivity index (χ0) is 22.2. The van der Waals surface area contributed by atoms with Crippen molar-refractivity contribution in [3.05, 3.63) is 120 Å². The second kappa shape index (κ2) is 12.1. The maximum absolute atomic E-state index is 2.25. The van der Waals surface area contributed by atoms with Crippen LogP contribution in [0.4, 0.5) is 0 Å². The van der Waals surface area contributed by atoms with Crippen molar-refractivity contribution in [3.63, 3.8) is 0 Å². The molecule has 2 nitrogen and oxygen atoms in total. The van der Waals surface area contributed by atoms with Gasteiger partial charge in [-0.05, 0) is 62.3 Å². The fourth-order valence-electron chi connectivity index (χ4n) is 4.59. The number of aryl methyl sites for hydroxylation is 4. The molecule has 5 heteroatoms. The quantitative estimate of drug-likeness (QED) is 0.198. The van der Waals surface area contributed by atoms with Crippen molar-refractivity contribution < 1.29 is 50.7 Å². The van der Waals surface area contributed by atoms with Crippen molar-refractivity contribution >= 4 is 21.5 Å². The Morgan fingerprint density at radius 2 is 0.914 bits per heavy atom. The summed E-state index contributed by atoms with van der Waals surface area (Å²) in [5.41, 5.74) is 7.70. The Kier molecular flexibility index (Phi) is 9.97. The summed E-state index contributed by atoms with van der Waals surface area (Å²) < 4.78 is 4.49. The fourth-order valence-corrected chi connectivity index (χ4v) is 4.59. The number of benzene rings is 2. The Morgan fingerprint density at radius 1 is 0.543 bits per heavy atom. The first kappa shape index (κ1) is 28.9. The number of aromatic nitrogens is 2. The van der Waals surface area contributed by atoms with Crippen molar-refractivity contribution in [3.8, 4) is 11.4 Å². The number of hydrogen-bond acceptors (Lipinski definition) is 0. The van der Waals surface area contributed by atoms with Gasteiger partial charge in [-0.1, -0.05) is 12.1 Å². The molecule has 0 atom stereocenters. The SMILES string of the molecule is Cc1cc(C)n(-c2cc3ccccc3[cH-]2)c1.Cc1cc(C)n(-c2cc3ccccc3[cH-]2)c1.[Cl-].[Cl-].[Hf+4]. The minimum atomic E-state index is 0. The van der Waals surface area contributed by atoms with Gasteiger partial charge in [0.2, 0.25) is 0 Å². The van der Waals surface area contributed by atoms with Crippen LogP contribution in [-0.2, 0) is 25.8 Å². The van der Waals surface area contributed by atoms with E-state index in [-0.39, 0.29) is 50.7 Å². The minimum Gasteiger partial charge on any atom is -1.00 e. The molecule has 0 amide bonds. The molecule has 0 aliphatic rings. The van der Waals surface area contributed by atoms with E-state index < -0.39 is 0 Å². The predicted octanol–water partition coefficient (Wildman–Crippen LogP) is 1.94. The molecule has 6 rings (SSSR count). The van der Waals surface area contributed by atoms with Gasteiger partial charge in [0.1, 0.15) is 0 Å². The molecule has 0 bridgehead atoms. The summed E-state index contributed by atoms with van der Waals surface area (Å²) in [7, 11) is 0. The first-order valence-electron chi connectivity index (χ1n) is 11.1. The Morgan fingerprint density at radius 3 is 1.23 bits per heavy atom. The van der Waals surface area contributed by atoms with Gasteiger partial charge >= 0.3 is 25.8 Å². The molecule has 0 N–H and O–H groups in total. The zero-order valence-corrected chi connectivity index (χ0v) is 25.5. The Balaban J connectivity index is 0.000000227. The van der Waals surface area contributed by atoms with Gasteiger partial charge in [-0.15, -0.1) is 82.2 Å². The first-order valence-corrected chi connectivity index (χ1v) is 11.1. The molecule has 0 saturated heterocycles. The average Bonchev–Trinajstić information content (AvgIpc) is 3.52. The Hall–Kier alpha value is -2.33. The summed E-state index contributed by atoms with van der Waals surface area (Å²) in [6.45, 7) is 8.55. The van der Waals surface area contributed by atoms with E-state index in [4.69, 9.17) is 0 Å². The van der Waals surface area contributed by atoms with E-state index in [0.29, 0.717) is 0 Å². The van der Waals surface area contributed by atoms with Gasteiger partial charge in [-0.3, -0.25) is 0 Å². The van der Waals surface area contributed by atoms with Crippen LogP contribution in [0.3, 0.4) is 0 Å². The topological polar surface area (TPSA) is 9.86 Å². The van der Waals surface area contributed by atoms with Crippen molar-refractivity contribution in [2.45, 2.75) is 27.7 Å². The zero-order valence-electron chi connectivity index (χ0n) is 20.4. The second-order valence-electron chi connectivity index (χ2n) is 8.74. The summed E-state index contributed by atoms with van der Waals surface area (Å²) >= 11 is 0. The van der Waals surface area contributed by atoms with Crippen LogP contribution in [0, 0.1) is 27.7 Å². The molecule has 35 heavy (non-hydrogen) atoms. The van der Waals surface area contributed by atoms with Gasteiger partial charge in [-0.2, -0.15) is 0 Å². The van der Waals surface area contributed by atoms with Crippen LogP contribution in [0.15, 0.2) is 97.3 Å². The third kappa shape index (κ3) is 6.09. The molecule has 0 fully saturated rings. The molecule has 0 aliphatic heterocycles. The van der Waals surface area contributed by atoms with E-state index in [0.717, 1.165) is 0 Å². The molecule has 0 spiro atoms. The van der Waals surface area contributed by atoms with Crippen molar-refractivity contribution in [2.24, 2.45) is 0 Å². The fraction of sp³-hybridized carbons (Fsp3) is 0.133.